The van der Waals surface area contributed by atoms with Crippen molar-refractivity contribution >= 4 is 5.96 Å². The van der Waals surface area contributed by atoms with Gasteiger partial charge in [0.2, 0.25) is 0 Å². The fourth-order valence-corrected chi connectivity index (χ4v) is 3.70. The topological polar surface area (TPSA) is 54.7 Å². The van der Waals surface area contributed by atoms with Gasteiger partial charge in [-0.1, -0.05) is 6.92 Å². The summed E-state index contributed by atoms with van der Waals surface area (Å²) in [5.74, 6) is 1.70. The lowest BCUT2D eigenvalue weighted by Crippen LogP contribution is -2.50. The maximum atomic E-state index is 5.26. The molecule has 1 aliphatic carbocycles. The van der Waals surface area contributed by atoms with Gasteiger partial charge in [0.25, 0.3) is 0 Å². The molecule has 1 saturated carbocycles. The van der Waals surface area contributed by atoms with Crippen molar-refractivity contribution in [2.45, 2.75) is 38.6 Å². The van der Waals surface area contributed by atoms with Gasteiger partial charge in [-0.25, -0.2) is 4.98 Å². The smallest absolute Gasteiger partial charge is 0.193 e. The van der Waals surface area contributed by atoms with Gasteiger partial charge in [-0.2, -0.15) is 0 Å². The zero-order valence-corrected chi connectivity index (χ0v) is 15.2. The van der Waals surface area contributed by atoms with Crippen molar-refractivity contribution < 1.29 is 4.74 Å². The average Bonchev–Trinajstić information content (AvgIpc) is 3.15. The Morgan fingerprint density at radius 2 is 2.29 bits per heavy atom. The Balaban J connectivity index is 1.57. The number of likely N-dealkylation sites (tertiary alicyclic amines) is 1. The summed E-state index contributed by atoms with van der Waals surface area (Å²) in [7, 11) is 3.68. The largest absolute Gasteiger partial charge is 0.385 e. The van der Waals surface area contributed by atoms with Crippen molar-refractivity contribution in [3.8, 4) is 0 Å². The van der Waals surface area contributed by atoms with Crippen LogP contribution in [0, 0.1) is 11.3 Å². The number of imidazole rings is 1. The third kappa shape index (κ3) is 3.91. The normalized spacial score (nSPS) is 26.5. The van der Waals surface area contributed by atoms with Gasteiger partial charge >= 0.3 is 0 Å². The molecule has 1 saturated heterocycles. The first-order valence-electron chi connectivity index (χ1n) is 9.09. The number of ether oxygens (including phenoxy) is 1. The Hall–Kier alpha value is -1.56. The number of aromatic nitrogens is 2. The minimum Gasteiger partial charge on any atom is -0.385 e. The first kappa shape index (κ1) is 17.3. The van der Waals surface area contributed by atoms with Gasteiger partial charge < -0.3 is 19.5 Å². The van der Waals surface area contributed by atoms with Crippen LogP contribution in [-0.2, 0) is 4.74 Å². The Labute approximate surface area is 145 Å². The van der Waals surface area contributed by atoms with E-state index in [2.05, 4.69) is 37.9 Å². The minimum absolute atomic E-state index is 0.429. The highest BCUT2D eigenvalue weighted by Crippen LogP contribution is 2.48. The Bertz CT molecular complexity index is 538. The summed E-state index contributed by atoms with van der Waals surface area (Å²) in [6.07, 6.45) is 10.8. The highest BCUT2D eigenvalue weighted by atomic mass is 16.5. The number of methoxy groups -OCH3 is 1. The quantitative estimate of drug-likeness (QED) is 0.640. The second-order valence-corrected chi connectivity index (χ2v) is 7.43. The van der Waals surface area contributed by atoms with E-state index in [1.165, 1.54) is 19.3 Å². The van der Waals surface area contributed by atoms with Crippen LogP contribution in [0.3, 0.4) is 0 Å². The van der Waals surface area contributed by atoms with E-state index in [4.69, 9.17) is 4.74 Å². The molecule has 0 aromatic carbocycles. The van der Waals surface area contributed by atoms with E-state index in [-0.39, 0.29) is 0 Å². The fraction of sp³-hybridized carbons (Fsp3) is 0.778. The standard InChI is InChI=1S/C18H31N5O/c1-15-4-9-22(12-16(15)23-10-8-20-14-23)17(19-2)21-13-18(5-6-18)7-11-24-3/h8,10,14-16H,4-7,9,11-13H2,1-3H3,(H,19,21). The van der Waals surface area contributed by atoms with Crippen LogP contribution in [0.5, 0.6) is 0 Å². The number of hydrogen-bond donors (Lipinski definition) is 1. The second kappa shape index (κ2) is 7.55. The van der Waals surface area contributed by atoms with Gasteiger partial charge in [-0.15, -0.1) is 0 Å². The number of nitrogens with zero attached hydrogens (tertiary/aromatic N) is 4. The van der Waals surface area contributed by atoms with Crippen LogP contribution < -0.4 is 5.32 Å². The van der Waals surface area contributed by atoms with E-state index >= 15 is 0 Å². The summed E-state index contributed by atoms with van der Waals surface area (Å²) >= 11 is 0. The maximum absolute atomic E-state index is 5.26. The Kier molecular flexibility index (Phi) is 5.43. The number of rotatable bonds is 6. The van der Waals surface area contributed by atoms with Crippen LogP contribution in [0.2, 0.25) is 0 Å². The van der Waals surface area contributed by atoms with Gasteiger partial charge in [0.1, 0.15) is 0 Å². The number of guanidine groups is 1. The zero-order valence-electron chi connectivity index (χ0n) is 15.2. The molecule has 0 amide bonds. The molecule has 1 N–H and O–H groups in total. The van der Waals surface area contributed by atoms with Crippen molar-refractivity contribution in [1.82, 2.24) is 19.8 Å². The first-order chi connectivity index (χ1) is 11.7. The van der Waals surface area contributed by atoms with E-state index in [0.29, 0.717) is 17.4 Å². The lowest BCUT2D eigenvalue weighted by molar-refractivity contribution is 0.170. The third-order valence-corrected chi connectivity index (χ3v) is 5.75. The Morgan fingerprint density at radius 3 is 2.92 bits per heavy atom. The molecular weight excluding hydrogens is 302 g/mol. The molecule has 2 heterocycles. The SMILES string of the molecule is CN=C(NCC1(CCOC)CC1)N1CCC(C)C(n2ccnc2)C1. The summed E-state index contributed by atoms with van der Waals surface area (Å²) in [5.41, 5.74) is 0.429. The molecule has 24 heavy (non-hydrogen) atoms. The van der Waals surface area contributed by atoms with Crippen molar-refractivity contribution in [1.29, 1.82) is 0 Å². The van der Waals surface area contributed by atoms with Gasteiger partial charge in [0.15, 0.2) is 5.96 Å². The zero-order chi connectivity index (χ0) is 17.0. The number of aliphatic imine (C=N–C) groups is 1. The van der Waals surface area contributed by atoms with Crippen molar-refractivity contribution in [2.24, 2.45) is 16.3 Å². The molecule has 1 aliphatic heterocycles. The molecule has 0 bridgehead atoms. The number of nitrogens with one attached hydrogen (secondary N) is 1. The number of hydrogen-bond acceptors (Lipinski definition) is 3. The van der Waals surface area contributed by atoms with E-state index in [9.17, 15) is 0 Å². The molecular formula is C18H31N5O. The van der Waals surface area contributed by atoms with Crippen LogP contribution in [0.1, 0.15) is 38.6 Å². The summed E-state index contributed by atoms with van der Waals surface area (Å²) in [5, 5.41) is 3.63. The summed E-state index contributed by atoms with van der Waals surface area (Å²) in [6, 6.07) is 0.461. The van der Waals surface area contributed by atoms with Crippen molar-refractivity contribution in [2.75, 3.05) is 40.4 Å². The van der Waals surface area contributed by atoms with Gasteiger partial charge in [-0.3, -0.25) is 4.99 Å². The molecule has 2 fully saturated rings. The molecule has 3 rings (SSSR count). The predicted molar refractivity (Wildman–Crippen MR) is 96.1 cm³/mol. The molecule has 6 nitrogen and oxygen atoms in total. The van der Waals surface area contributed by atoms with E-state index in [0.717, 1.165) is 38.6 Å². The van der Waals surface area contributed by atoms with E-state index in [1.807, 2.05) is 19.6 Å². The van der Waals surface area contributed by atoms with E-state index < -0.39 is 0 Å². The average molecular weight is 333 g/mol. The van der Waals surface area contributed by atoms with Crippen LogP contribution in [0.4, 0.5) is 0 Å². The van der Waals surface area contributed by atoms with Crippen LogP contribution in [-0.4, -0.2) is 60.8 Å². The molecule has 2 aliphatic rings. The molecule has 1 aromatic heterocycles. The van der Waals surface area contributed by atoms with Gasteiger partial charge in [-0.05, 0) is 37.0 Å². The monoisotopic (exact) mass is 333 g/mol. The van der Waals surface area contributed by atoms with Gasteiger partial charge in [0.05, 0.1) is 12.4 Å². The summed E-state index contributed by atoms with van der Waals surface area (Å²) in [6.45, 7) is 6.25. The highest BCUT2D eigenvalue weighted by Gasteiger charge is 2.42. The number of piperidine rings is 1. The summed E-state index contributed by atoms with van der Waals surface area (Å²) in [4.78, 5) is 11.2. The highest BCUT2D eigenvalue weighted by molar-refractivity contribution is 5.80. The van der Waals surface area contributed by atoms with E-state index in [1.54, 1.807) is 7.11 Å². The van der Waals surface area contributed by atoms with Crippen LogP contribution in [0.25, 0.3) is 0 Å². The third-order valence-electron chi connectivity index (χ3n) is 5.75. The predicted octanol–water partition coefficient (Wildman–Crippen LogP) is 2.16. The van der Waals surface area contributed by atoms with Crippen molar-refractivity contribution in [3.63, 3.8) is 0 Å². The molecule has 0 spiro atoms. The Morgan fingerprint density at radius 1 is 1.46 bits per heavy atom. The molecule has 2 atom stereocenters. The van der Waals surface area contributed by atoms with Gasteiger partial charge in [0, 0.05) is 52.8 Å². The maximum Gasteiger partial charge on any atom is 0.193 e. The lowest BCUT2D eigenvalue weighted by atomic mass is 9.93. The molecule has 6 heteroatoms. The molecule has 2 unspecified atom stereocenters. The first-order valence-corrected chi connectivity index (χ1v) is 9.09. The fourth-order valence-electron chi connectivity index (χ4n) is 3.70. The second-order valence-electron chi connectivity index (χ2n) is 7.43. The summed E-state index contributed by atoms with van der Waals surface area (Å²) < 4.78 is 7.50. The lowest BCUT2D eigenvalue weighted by Gasteiger charge is -2.39. The molecule has 1 aromatic rings. The van der Waals surface area contributed by atoms with Crippen LogP contribution in [0.15, 0.2) is 23.7 Å². The van der Waals surface area contributed by atoms with Crippen LogP contribution >= 0.6 is 0 Å². The molecule has 0 radical (unpaired) electrons. The van der Waals surface area contributed by atoms with Crippen molar-refractivity contribution in [3.05, 3.63) is 18.7 Å². The molecule has 134 valence electrons. The minimum atomic E-state index is 0.429.